The molecule has 6 nitrogen and oxygen atoms in total. The Labute approximate surface area is 153 Å². The lowest BCUT2D eigenvalue weighted by atomic mass is 10.0. The fourth-order valence-corrected chi connectivity index (χ4v) is 3.81. The van der Waals surface area contributed by atoms with Gasteiger partial charge in [-0.25, -0.2) is 4.98 Å². The van der Waals surface area contributed by atoms with Gasteiger partial charge in [0.2, 0.25) is 0 Å². The van der Waals surface area contributed by atoms with Crippen molar-refractivity contribution in [2.45, 2.75) is 31.8 Å². The topological polar surface area (TPSA) is 56.0 Å². The molecule has 2 unspecified atom stereocenters. The fraction of sp³-hybridized carbons (Fsp3) is 0.350. The smallest absolute Gasteiger partial charge is 0.252 e. The number of carbonyl (C=O) groups is 1. The highest BCUT2D eigenvalue weighted by Gasteiger charge is 2.32. The second-order valence-electron chi connectivity index (χ2n) is 6.76. The maximum atomic E-state index is 13.4. The predicted octanol–water partition coefficient (Wildman–Crippen LogP) is 2.84. The van der Waals surface area contributed by atoms with Gasteiger partial charge in [-0.2, -0.15) is 5.10 Å². The third kappa shape index (κ3) is 3.14. The van der Waals surface area contributed by atoms with Crippen molar-refractivity contribution < 1.29 is 4.79 Å². The first-order chi connectivity index (χ1) is 12.7. The molecule has 6 heteroatoms. The minimum atomic E-state index is -0.422. The number of likely N-dealkylation sites (tertiary alicyclic amines) is 1. The van der Waals surface area contributed by atoms with E-state index in [0.717, 1.165) is 30.8 Å². The van der Waals surface area contributed by atoms with Crippen LogP contribution in [0.4, 0.5) is 0 Å². The SMILES string of the molecule is Cc1nccn1C1CCCN(C(=O)C(c2ccccc2)n2cccn2)C1. The minimum absolute atomic E-state index is 0.0994. The van der Waals surface area contributed by atoms with E-state index in [2.05, 4.69) is 14.6 Å². The Kier molecular flexibility index (Phi) is 4.56. The summed E-state index contributed by atoms with van der Waals surface area (Å²) in [7, 11) is 0. The molecule has 3 heterocycles. The number of aromatic nitrogens is 4. The van der Waals surface area contributed by atoms with E-state index in [1.54, 1.807) is 10.9 Å². The number of carbonyl (C=O) groups excluding carboxylic acids is 1. The summed E-state index contributed by atoms with van der Waals surface area (Å²) in [6, 6.07) is 11.6. The molecule has 2 aromatic heterocycles. The van der Waals surface area contributed by atoms with Crippen LogP contribution in [0.3, 0.4) is 0 Å². The van der Waals surface area contributed by atoms with Gasteiger partial charge in [0.05, 0.1) is 6.04 Å². The number of amides is 1. The molecule has 3 aromatic rings. The van der Waals surface area contributed by atoms with E-state index in [4.69, 9.17) is 0 Å². The monoisotopic (exact) mass is 349 g/mol. The van der Waals surface area contributed by atoms with Crippen LogP contribution in [0.2, 0.25) is 0 Å². The van der Waals surface area contributed by atoms with Crippen LogP contribution in [-0.2, 0) is 4.79 Å². The van der Waals surface area contributed by atoms with Crippen molar-refractivity contribution in [3.8, 4) is 0 Å². The highest BCUT2D eigenvalue weighted by atomic mass is 16.2. The van der Waals surface area contributed by atoms with Crippen LogP contribution in [0.5, 0.6) is 0 Å². The molecule has 1 aliphatic rings. The van der Waals surface area contributed by atoms with Crippen LogP contribution in [0.25, 0.3) is 0 Å². The standard InChI is InChI=1S/C20H23N5O/c1-16-21-11-14-24(16)18-9-5-12-23(15-18)20(26)19(25-13-6-10-22-25)17-7-3-2-4-8-17/h2-4,6-8,10-11,13-14,18-19H,5,9,12,15H2,1H3. The Morgan fingerprint density at radius 3 is 2.69 bits per heavy atom. The van der Waals surface area contributed by atoms with E-state index < -0.39 is 6.04 Å². The molecule has 1 amide bonds. The second-order valence-corrected chi connectivity index (χ2v) is 6.76. The number of imidazole rings is 1. The van der Waals surface area contributed by atoms with Gasteiger partial charge in [0.25, 0.3) is 5.91 Å². The molecule has 0 spiro atoms. The number of benzene rings is 1. The first-order valence-corrected chi connectivity index (χ1v) is 9.06. The van der Waals surface area contributed by atoms with Crippen LogP contribution in [0, 0.1) is 6.92 Å². The summed E-state index contributed by atoms with van der Waals surface area (Å²) in [4.78, 5) is 19.7. The average molecular weight is 349 g/mol. The van der Waals surface area contributed by atoms with Gasteiger partial charge in [-0.15, -0.1) is 0 Å². The van der Waals surface area contributed by atoms with Gasteiger partial charge in [0.1, 0.15) is 5.82 Å². The van der Waals surface area contributed by atoms with Crippen molar-refractivity contribution in [1.82, 2.24) is 24.2 Å². The zero-order valence-electron chi connectivity index (χ0n) is 14.9. The minimum Gasteiger partial charge on any atom is -0.338 e. The summed E-state index contributed by atoms with van der Waals surface area (Å²) >= 11 is 0. The molecule has 0 radical (unpaired) electrons. The van der Waals surface area contributed by atoms with E-state index in [0.29, 0.717) is 6.54 Å². The first-order valence-electron chi connectivity index (χ1n) is 9.06. The molecule has 2 atom stereocenters. The van der Waals surface area contributed by atoms with Crippen molar-refractivity contribution in [3.05, 3.63) is 72.6 Å². The van der Waals surface area contributed by atoms with E-state index >= 15 is 0 Å². The number of hydrogen-bond acceptors (Lipinski definition) is 3. The third-order valence-electron chi connectivity index (χ3n) is 5.10. The van der Waals surface area contributed by atoms with Crippen molar-refractivity contribution in [3.63, 3.8) is 0 Å². The van der Waals surface area contributed by atoms with Gasteiger partial charge in [0.15, 0.2) is 6.04 Å². The van der Waals surface area contributed by atoms with Gasteiger partial charge in [-0.05, 0) is 31.4 Å². The van der Waals surface area contributed by atoms with Crippen LogP contribution in [0.15, 0.2) is 61.2 Å². The summed E-state index contributed by atoms with van der Waals surface area (Å²) in [6.07, 6.45) is 9.48. The maximum Gasteiger partial charge on any atom is 0.252 e. The molecular weight excluding hydrogens is 326 g/mol. The molecule has 0 N–H and O–H groups in total. The zero-order valence-corrected chi connectivity index (χ0v) is 14.9. The van der Waals surface area contributed by atoms with Crippen molar-refractivity contribution >= 4 is 5.91 Å². The summed E-state index contributed by atoms with van der Waals surface area (Å²) in [5, 5.41) is 4.35. The Morgan fingerprint density at radius 1 is 1.15 bits per heavy atom. The van der Waals surface area contributed by atoms with Crippen LogP contribution >= 0.6 is 0 Å². The van der Waals surface area contributed by atoms with Gasteiger partial charge in [-0.3, -0.25) is 9.48 Å². The van der Waals surface area contributed by atoms with Crippen LogP contribution in [-0.4, -0.2) is 43.2 Å². The highest BCUT2D eigenvalue weighted by molar-refractivity contribution is 5.83. The Morgan fingerprint density at radius 2 is 2.00 bits per heavy atom. The van der Waals surface area contributed by atoms with Gasteiger partial charge in [-0.1, -0.05) is 30.3 Å². The maximum absolute atomic E-state index is 13.4. The predicted molar refractivity (Wildman–Crippen MR) is 98.6 cm³/mol. The second kappa shape index (κ2) is 7.15. The Hall–Kier alpha value is -2.89. The number of aryl methyl sites for hydroxylation is 1. The number of piperidine rings is 1. The van der Waals surface area contributed by atoms with Crippen molar-refractivity contribution in [2.24, 2.45) is 0 Å². The molecule has 1 fully saturated rings. The lowest BCUT2D eigenvalue weighted by Crippen LogP contribution is -2.44. The summed E-state index contributed by atoms with van der Waals surface area (Å²) in [6.45, 7) is 3.51. The third-order valence-corrected chi connectivity index (χ3v) is 5.10. The Balaban J connectivity index is 1.60. The lowest BCUT2D eigenvalue weighted by molar-refractivity contribution is -0.135. The molecule has 1 saturated heterocycles. The molecule has 134 valence electrons. The molecule has 1 aromatic carbocycles. The number of nitrogens with zero attached hydrogens (tertiary/aromatic N) is 5. The largest absolute Gasteiger partial charge is 0.338 e. The first kappa shape index (κ1) is 16.6. The lowest BCUT2D eigenvalue weighted by Gasteiger charge is -2.36. The quantitative estimate of drug-likeness (QED) is 0.728. The highest BCUT2D eigenvalue weighted by Crippen LogP contribution is 2.27. The molecule has 0 aliphatic carbocycles. The molecule has 0 saturated carbocycles. The normalized spacial score (nSPS) is 18.7. The summed E-state index contributed by atoms with van der Waals surface area (Å²) in [5.74, 6) is 1.10. The van der Waals surface area contributed by atoms with Crippen LogP contribution < -0.4 is 0 Å². The number of hydrogen-bond donors (Lipinski definition) is 0. The van der Waals surface area contributed by atoms with Gasteiger partial charge in [0, 0.05) is 37.9 Å². The zero-order chi connectivity index (χ0) is 17.9. The fourth-order valence-electron chi connectivity index (χ4n) is 3.81. The van der Waals surface area contributed by atoms with Crippen molar-refractivity contribution in [1.29, 1.82) is 0 Å². The van der Waals surface area contributed by atoms with Crippen molar-refractivity contribution in [2.75, 3.05) is 13.1 Å². The van der Waals surface area contributed by atoms with E-state index in [1.165, 1.54) is 0 Å². The molecular formula is C20H23N5O. The van der Waals surface area contributed by atoms with Crippen LogP contribution in [0.1, 0.15) is 36.3 Å². The Bertz CT molecular complexity index is 855. The van der Waals surface area contributed by atoms with Gasteiger partial charge < -0.3 is 9.47 Å². The molecule has 4 rings (SSSR count). The summed E-state index contributed by atoms with van der Waals surface area (Å²) in [5.41, 5.74) is 0.960. The van der Waals surface area contributed by atoms with Gasteiger partial charge >= 0.3 is 0 Å². The summed E-state index contributed by atoms with van der Waals surface area (Å²) < 4.78 is 3.94. The average Bonchev–Trinajstić information content (AvgIpc) is 3.35. The number of rotatable bonds is 4. The van der Waals surface area contributed by atoms with E-state index in [9.17, 15) is 4.79 Å². The molecule has 0 bridgehead atoms. The molecule has 1 aliphatic heterocycles. The molecule has 26 heavy (non-hydrogen) atoms. The van der Waals surface area contributed by atoms with E-state index in [1.807, 2.05) is 66.8 Å². The van der Waals surface area contributed by atoms with E-state index in [-0.39, 0.29) is 11.9 Å².